The molecule has 1 nitrogen and oxygen atoms in total. The average Bonchev–Trinajstić information content (AvgIpc) is 2.44. The molecule has 0 heterocycles. The smallest absolute Gasteiger partial charge is 0.0409 e. The third-order valence-corrected chi connectivity index (χ3v) is 3.50. The molecule has 0 aliphatic heterocycles. The van der Waals surface area contributed by atoms with Crippen LogP contribution in [0.15, 0.2) is 54.6 Å². The van der Waals surface area contributed by atoms with Crippen LogP contribution in [-0.2, 0) is 6.42 Å². The lowest BCUT2D eigenvalue weighted by Gasteiger charge is -2.18. The number of hydrogen-bond donors (Lipinski definition) is 1. The molecule has 0 aliphatic rings. The minimum atomic E-state index is 0.365. The average molecular weight is 274 g/mol. The second kappa shape index (κ2) is 7.32. The van der Waals surface area contributed by atoms with Crippen molar-refractivity contribution in [3.63, 3.8) is 0 Å². The van der Waals surface area contributed by atoms with Crippen LogP contribution in [0.25, 0.3) is 0 Å². The van der Waals surface area contributed by atoms with Gasteiger partial charge in [0.15, 0.2) is 0 Å². The second-order valence-electron chi connectivity index (χ2n) is 4.69. The molecule has 1 N–H and O–H groups in total. The second-order valence-corrected chi connectivity index (χ2v) is 5.13. The molecule has 0 bridgehead atoms. The van der Waals surface area contributed by atoms with E-state index in [2.05, 4.69) is 54.7 Å². The van der Waals surface area contributed by atoms with Gasteiger partial charge in [-0.2, -0.15) is 0 Å². The molecule has 1 atom stereocenters. The van der Waals surface area contributed by atoms with Crippen LogP contribution >= 0.6 is 11.6 Å². The number of hydrogen-bond acceptors (Lipinski definition) is 1. The number of aryl methyl sites for hydroxylation is 1. The van der Waals surface area contributed by atoms with Crippen LogP contribution in [0.5, 0.6) is 0 Å². The molecule has 2 heteroatoms. The summed E-state index contributed by atoms with van der Waals surface area (Å²) in [5.74, 6) is 0. The van der Waals surface area contributed by atoms with E-state index < -0.39 is 0 Å². The molecule has 0 saturated carbocycles. The van der Waals surface area contributed by atoms with Gasteiger partial charge in [0.25, 0.3) is 0 Å². The van der Waals surface area contributed by atoms with Crippen molar-refractivity contribution in [2.75, 3.05) is 6.54 Å². The zero-order valence-corrected chi connectivity index (χ0v) is 12.0. The van der Waals surface area contributed by atoms with E-state index in [1.165, 1.54) is 11.1 Å². The molecule has 0 saturated heterocycles. The molecular weight excluding hydrogens is 254 g/mol. The maximum absolute atomic E-state index is 6.08. The van der Waals surface area contributed by atoms with Gasteiger partial charge in [0.1, 0.15) is 0 Å². The van der Waals surface area contributed by atoms with E-state index in [1.54, 1.807) is 0 Å². The molecular formula is C17H20ClN. The van der Waals surface area contributed by atoms with Crippen molar-refractivity contribution in [2.45, 2.75) is 25.8 Å². The zero-order valence-electron chi connectivity index (χ0n) is 11.3. The van der Waals surface area contributed by atoms with E-state index >= 15 is 0 Å². The van der Waals surface area contributed by atoms with E-state index in [0.717, 1.165) is 24.4 Å². The predicted octanol–water partition coefficient (Wildman–Crippen LogP) is 4.62. The summed E-state index contributed by atoms with van der Waals surface area (Å²) in [6, 6.07) is 19.1. The van der Waals surface area contributed by atoms with Crippen LogP contribution in [0, 0.1) is 0 Å². The van der Waals surface area contributed by atoms with Crippen LogP contribution in [0.4, 0.5) is 0 Å². The minimum absolute atomic E-state index is 0.365. The van der Waals surface area contributed by atoms with Crippen molar-refractivity contribution >= 4 is 11.6 Å². The normalized spacial score (nSPS) is 12.3. The largest absolute Gasteiger partial charge is 0.310 e. The maximum atomic E-state index is 6.08. The van der Waals surface area contributed by atoms with Gasteiger partial charge >= 0.3 is 0 Å². The van der Waals surface area contributed by atoms with Crippen molar-refractivity contribution in [2.24, 2.45) is 0 Å². The van der Waals surface area contributed by atoms with Gasteiger partial charge in [-0.1, -0.05) is 61.0 Å². The Kier molecular flexibility index (Phi) is 5.44. The van der Waals surface area contributed by atoms with Gasteiger partial charge in [-0.3, -0.25) is 0 Å². The lowest BCUT2D eigenvalue weighted by molar-refractivity contribution is 0.515. The SMILES string of the molecule is CCNC(CCc1ccccc1)c1cccc(Cl)c1. The molecule has 2 rings (SSSR count). The summed E-state index contributed by atoms with van der Waals surface area (Å²) in [4.78, 5) is 0. The molecule has 19 heavy (non-hydrogen) atoms. The first-order valence-corrected chi connectivity index (χ1v) is 7.20. The Morgan fingerprint density at radius 3 is 2.53 bits per heavy atom. The van der Waals surface area contributed by atoms with Crippen molar-refractivity contribution in [3.8, 4) is 0 Å². The van der Waals surface area contributed by atoms with Crippen molar-refractivity contribution in [1.29, 1.82) is 0 Å². The molecule has 0 amide bonds. The standard InChI is InChI=1S/C17H20ClN/c1-2-19-17(15-9-6-10-16(18)13-15)12-11-14-7-4-3-5-8-14/h3-10,13,17,19H,2,11-12H2,1H3. The van der Waals surface area contributed by atoms with E-state index in [1.807, 2.05) is 12.1 Å². The molecule has 2 aromatic carbocycles. The molecule has 100 valence electrons. The number of benzene rings is 2. The summed E-state index contributed by atoms with van der Waals surface area (Å²) in [5.41, 5.74) is 2.65. The lowest BCUT2D eigenvalue weighted by atomic mass is 9.99. The summed E-state index contributed by atoms with van der Waals surface area (Å²) in [6.07, 6.45) is 2.16. The highest BCUT2D eigenvalue weighted by Gasteiger charge is 2.10. The van der Waals surface area contributed by atoms with Crippen molar-refractivity contribution in [1.82, 2.24) is 5.32 Å². The van der Waals surface area contributed by atoms with Gasteiger partial charge in [0.05, 0.1) is 0 Å². The Morgan fingerprint density at radius 2 is 1.84 bits per heavy atom. The third kappa shape index (κ3) is 4.38. The molecule has 0 spiro atoms. The Morgan fingerprint density at radius 1 is 1.05 bits per heavy atom. The van der Waals surface area contributed by atoms with Crippen LogP contribution in [0.2, 0.25) is 5.02 Å². The van der Waals surface area contributed by atoms with E-state index in [9.17, 15) is 0 Å². The summed E-state index contributed by atoms with van der Waals surface area (Å²) in [6.45, 7) is 3.10. The van der Waals surface area contributed by atoms with Crippen LogP contribution in [0.1, 0.15) is 30.5 Å². The first-order chi connectivity index (χ1) is 9.29. The van der Waals surface area contributed by atoms with Crippen LogP contribution < -0.4 is 5.32 Å². The highest BCUT2D eigenvalue weighted by molar-refractivity contribution is 6.30. The summed E-state index contributed by atoms with van der Waals surface area (Å²) < 4.78 is 0. The zero-order chi connectivity index (χ0) is 13.5. The number of rotatable bonds is 6. The first kappa shape index (κ1) is 14.1. The van der Waals surface area contributed by atoms with Crippen LogP contribution in [-0.4, -0.2) is 6.54 Å². The van der Waals surface area contributed by atoms with Crippen LogP contribution in [0.3, 0.4) is 0 Å². The monoisotopic (exact) mass is 273 g/mol. The van der Waals surface area contributed by atoms with E-state index in [4.69, 9.17) is 11.6 Å². The fraction of sp³-hybridized carbons (Fsp3) is 0.294. The Bertz CT molecular complexity index is 496. The van der Waals surface area contributed by atoms with Crippen molar-refractivity contribution < 1.29 is 0 Å². The number of halogens is 1. The van der Waals surface area contributed by atoms with Gasteiger partial charge < -0.3 is 5.32 Å². The lowest BCUT2D eigenvalue weighted by Crippen LogP contribution is -2.21. The highest BCUT2D eigenvalue weighted by atomic mass is 35.5. The third-order valence-electron chi connectivity index (χ3n) is 3.27. The van der Waals surface area contributed by atoms with Gasteiger partial charge in [-0.15, -0.1) is 0 Å². The summed E-state index contributed by atoms with van der Waals surface area (Å²) in [5, 5.41) is 4.34. The topological polar surface area (TPSA) is 12.0 Å². The fourth-order valence-electron chi connectivity index (χ4n) is 2.31. The van der Waals surface area contributed by atoms with E-state index in [-0.39, 0.29) is 0 Å². The van der Waals surface area contributed by atoms with Crippen molar-refractivity contribution in [3.05, 3.63) is 70.7 Å². The first-order valence-electron chi connectivity index (χ1n) is 6.82. The Labute approximate surface area is 120 Å². The summed E-state index contributed by atoms with van der Waals surface area (Å²) in [7, 11) is 0. The quantitative estimate of drug-likeness (QED) is 0.810. The molecule has 2 aromatic rings. The Hall–Kier alpha value is -1.31. The van der Waals surface area contributed by atoms with Gasteiger partial charge in [0, 0.05) is 11.1 Å². The molecule has 0 fully saturated rings. The van der Waals surface area contributed by atoms with Gasteiger partial charge in [-0.25, -0.2) is 0 Å². The minimum Gasteiger partial charge on any atom is -0.310 e. The molecule has 0 aromatic heterocycles. The van der Waals surface area contributed by atoms with E-state index in [0.29, 0.717) is 6.04 Å². The number of nitrogens with one attached hydrogen (secondary N) is 1. The van der Waals surface area contributed by atoms with Gasteiger partial charge in [-0.05, 0) is 42.6 Å². The molecule has 1 unspecified atom stereocenters. The fourth-order valence-corrected chi connectivity index (χ4v) is 2.51. The highest BCUT2D eigenvalue weighted by Crippen LogP contribution is 2.22. The summed E-state index contributed by atoms with van der Waals surface area (Å²) >= 11 is 6.08. The maximum Gasteiger partial charge on any atom is 0.0409 e. The molecule has 0 radical (unpaired) electrons. The van der Waals surface area contributed by atoms with Gasteiger partial charge in [0.2, 0.25) is 0 Å². The molecule has 0 aliphatic carbocycles. The predicted molar refractivity (Wildman–Crippen MR) is 82.6 cm³/mol. The Balaban J connectivity index is 2.04.